The predicted molar refractivity (Wildman–Crippen MR) is 98.3 cm³/mol. The minimum Gasteiger partial charge on any atom is -0.355 e. The summed E-state index contributed by atoms with van der Waals surface area (Å²) in [5.41, 5.74) is 3.94. The number of hydrogen-bond donors (Lipinski definition) is 1. The molecular weight excluding hydrogens is 312 g/mol. The molecule has 0 atom stereocenters. The molecule has 0 bridgehead atoms. The standard InChI is InChI=1S/C21H24N2O2/c1-15-3-5-16(6-4-15)13-20(24)23(19-11-12-19)14-17-7-9-18(10-8-17)21(25)22-2/h3-10,19H,11-14H2,1-2H3,(H,22,25). The van der Waals surface area contributed by atoms with Gasteiger partial charge >= 0.3 is 0 Å². The summed E-state index contributed by atoms with van der Waals surface area (Å²) in [6.45, 7) is 2.65. The maximum Gasteiger partial charge on any atom is 0.251 e. The fourth-order valence-corrected chi connectivity index (χ4v) is 2.89. The van der Waals surface area contributed by atoms with Crippen LogP contribution in [0.15, 0.2) is 48.5 Å². The topological polar surface area (TPSA) is 49.4 Å². The van der Waals surface area contributed by atoms with Gasteiger partial charge < -0.3 is 10.2 Å². The maximum atomic E-state index is 12.8. The molecule has 4 nitrogen and oxygen atoms in total. The van der Waals surface area contributed by atoms with Gasteiger partial charge in [0.25, 0.3) is 5.91 Å². The summed E-state index contributed by atoms with van der Waals surface area (Å²) in [4.78, 5) is 26.4. The molecule has 0 aromatic heterocycles. The molecule has 2 amide bonds. The van der Waals surface area contributed by atoms with E-state index in [4.69, 9.17) is 0 Å². The second-order valence-electron chi connectivity index (χ2n) is 6.69. The van der Waals surface area contributed by atoms with Crippen LogP contribution in [0.3, 0.4) is 0 Å². The maximum absolute atomic E-state index is 12.8. The third kappa shape index (κ3) is 4.47. The van der Waals surface area contributed by atoms with Gasteiger partial charge in [-0.3, -0.25) is 9.59 Å². The average Bonchev–Trinajstić information content (AvgIpc) is 3.46. The Kier molecular flexibility index (Phi) is 5.17. The van der Waals surface area contributed by atoms with Crippen LogP contribution in [-0.4, -0.2) is 29.8 Å². The van der Waals surface area contributed by atoms with Gasteiger partial charge in [-0.25, -0.2) is 0 Å². The van der Waals surface area contributed by atoms with Gasteiger partial charge in [-0.2, -0.15) is 0 Å². The highest BCUT2D eigenvalue weighted by atomic mass is 16.2. The first-order chi connectivity index (χ1) is 12.1. The number of rotatable bonds is 6. The number of nitrogens with zero attached hydrogens (tertiary/aromatic N) is 1. The van der Waals surface area contributed by atoms with Crippen molar-refractivity contribution in [1.82, 2.24) is 10.2 Å². The van der Waals surface area contributed by atoms with Gasteiger partial charge in [0, 0.05) is 25.2 Å². The number of benzene rings is 2. The molecular formula is C21H24N2O2. The predicted octanol–water partition coefficient (Wildman–Crippen LogP) is 3.09. The molecule has 1 N–H and O–H groups in total. The van der Waals surface area contributed by atoms with E-state index in [2.05, 4.69) is 5.32 Å². The van der Waals surface area contributed by atoms with Crippen molar-refractivity contribution >= 4 is 11.8 Å². The summed E-state index contributed by atoms with van der Waals surface area (Å²) >= 11 is 0. The van der Waals surface area contributed by atoms with Crippen LogP contribution in [-0.2, 0) is 17.8 Å². The molecule has 3 rings (SSSR count). The van der Waals surface area contributed by atoms with Gasteiger partial charge in [0.15, 0.2) is 0 Å². The Morgan fingerprint density at radius 3 is 2.16 bits per heavy atom. The van der Waals surface area contributed by atoms with Crippen LogP contribution in [0.2, 0.25) is 0 Å². The molecule has 1 aliphatic rings. The zero-order valence-electron chi connectivity index (χ0n) is 14.8. The van der Waals surface area contributed by atoms with Crippen molar-refractivity contribution in [3.8, 4) is 0 Å². The molecule has 130 valence electrons. The minimum atomic E-state index is -0.0963. The smallest absolute Gasteiger partial charge is 0.251 e. The number of carbonyl (C=O) groups excluding carboxylic acids is 2. The Morgan fingerprint density at radius 2 is 1.60 bits per heavy atom. The third-order valence-corrected chi connectivity index (χ3v) is 4.58. The molecule has 25 heavy (non-hydrogen) atoms. The van der Waals surface area contributed by atoms with E-state index in [1.165, 1.54) is 5.56 Å². The largest absolute Gasteiger partial charge is 0.355 e. The molecule has 2 aromatic rings. The summed E-state index contributed by atoms with van der Waals surface area (Å²) in [5, 5.41) is 2.62. The fourth-order valence-electron chi connectivity index (χ4n) is 2.89. The van der Waals surface area contributed by atoms with Crippen LogP contribution < -0.4 is 5.32 Å². The van der Waals surface area contributed by atoms with Gasteiger partial charge in [0.05, 0.1) is 6.42 Å². The Bertz CT molecular complexity index is 746. The SMILES string of the molecule is CNC(=O)c1ccc(CN(C(=O)Cc2ccc(C)cc2)C2CC2)cc1. The lowest BCUT2D eigenvalue weighted by Gasteiger charge is -2.23. The summed E-state index contributed by atoms with van der Waals surface area (Å²) in [5.74, 6) is 0.0720. The van der Waals surface area contributed by atoms with Gasteiger partial charge in [-0.05, 0) is 43.0 Å². The van der Waals surface area contributed by atoms with E-state index in [-0.39, 0.29) is 11.8 Å². The Morgan fingerprint density at radius 1 is 1.00 bits per heavy atom. The summed E-state index contributed by atoms with van der Waals surface area (Å²) in [6, 6.07) is 16.0. The monoisotopic (exact) mass is 336 g/mol. The highest BCUT2D eigenvalue weighted by Gasteiger charge is 2.32. The first-order valence-corrected chi connectivity index (χ1v) is 8.73. The quantitative estimate of drug-likeness (QED) is 0.881. The van der Waals surface area contributed by atoms with Crippen LogP contribution >= 0.6 is 0 Å². The Balaban J connectivity index is 1.67. The van der Waals surface area contributed by atoms with E-state index in [0.29, 0.717) is 24.6 Å². The molecule has 1 saturated carbocycles. The molecule has 0 heterocycles. The molecule has 0 aliphatic heterocycles. The van der Waals surface area contributed by atoms with E-state index in [0.717, 1.165) is 24.0 Å². The van der Waals surface area contributed by atoms with Crippen LogP contribution in [0.1, 0.15) is 39.9 Å². The van der Waals surface area contributed by atoms with Crippen LogP contribution in [0.5, 0.6) is 0 Å². The van der Waals surface area contributed by atoms with E-state index >= 15 is 0 Å². The Hall–Kier alpha value is -2.62. The van der Waals surface area contributed by atoms with Crippen molar-refractivity contribution in [3.05, 3.63) is 70.8 Å². The summed E-state index contributed by atoms with van der Waals surface area (Å²) in [6.07, 6.45) is 2.60. The lowest BCUT2D eigenvalue weighted by molar-refractivity contribution is -0.131. The Labute approximate surface area is 148 Å². The second kappa shape index (κ2) is 7.51. The summed E-state index contributed by atoms with van der Waals surface area (Å²) in [7, 11) is 1.62. The van der Waals surface area contributed by atoms with Crippen molar-refractivity contribution in [2.45, 2.75) is 38.8 Å². The number of nitrogens with one attached hydrogen (secondary N) is 1. The number of carbonyl (C=O) groups is 2. The molecule has 0 radical (unpaired) electrons. The number of amides is 2. The number of hydrogen-bond acceptors (Lipinski definition) is 2. The first kappa shape index (κ1) is 17.2. The lowest BCUT2D eigenvalue weighted by atomic mass is 10.1. The van der Waals surface area contributed by atoms with Gasteiger partial charge in [-0.1, -0.05) is 42.0 Å². The zero-order chi connectivity index (χ0) is 17.8. The third-order valence-electron chi connectivity index (χ3n) is 4.58. The van der Waals surface area contributed by atoms with Crippen molar-refractivity contribution in [1.29, 1.82) is 0 Å². The molecule has 4 heteroatoms. The summed E-state index contributed by atoms with van der Waals surface area (Å²) < 4.78 is 0. The molecule has 2 aromatic carbocycles. The molecule has 0 saturated heterocycles. The normalized spacial score (nSPS) is 13.4. The van der Waals surface area contributed by atoms with Crippen molar-refractivity contribution in [2.75, 3.05) is 7.05 Å². The highest BCUT2D eigenvalue weighted by Crippen LogP contribution is 2.29. The van der Waals surface area contributed by atoms with E-state index in [9.17, 15) is 9.59 Å². The first-order valence-electron chi connectivity index (χ1n) is 8.73. The van der Waals surface area contributed by atoms with Crippen LogP contribution in [0, 0.1) is 6.92 Å². The van der Waals surface area contributed by atoms with Crippen LogP contribution in [0.25, 0.3) is 0 Å². The van der Waals surface area contributed by atoms with Crippen LogP contribution in [0.4, 0.5) is 0 Å². The number of aryl methyl sites for hydroxylation is 1. The highest BCUT2D eigenvalue weighted by molar-refractivity contribution is 5.93. The second-order valence-corrected chi connectivity index (χ2v) is 6.69. The average molecular weight is 336 g/mol. The fraction of sp³-hybridized carbons (Fsp3) is 0.333. The lowest BCUT2D eigenvalue weighted by Crippen LogP contribution is -2.33. The zero-order valence-corrected chi connectivity index (χ0v) is 14.8. The molecule has 0 unspecified atom stereocenters. The van der Waals surface area contributed by atoms with E-state index in [1.807, 2.05) is 60.4 Å². The van der Waals surface area contributed by atoms with E-state index in [1.54, 1.807) is 7.05 Å². The molecule has 1 aliphatic carbocycles. The van der Waals surface area contributed by atoms with Crippen molar-refractivity contribution in [3.63, 3.8) is 0 Å². The molecule has 1 fully saturated rings. The van der Waals surface area contributed by atoms with E-state index < -0.39 is 0 Å². The van der Waals surface area contributed by atoms with Gasteiger partial charge in [-0.15, -0.1) is 0 Å². The van der Waals surface area contributed by atoms with Crippen molar-refractivity contribution in [2.24, 2.45) is 0 Å². The van der Waals surface area contributed by atoms with Crippen molar-refractivity contribution < 1.29 is 9.59 Å². The minimum absolute atomic E-state index is 0.0963. The van der Waals surface area contributed by atoms with Gasteiger partial charge in [0.2, 0.25) is 5.91 Å². The van der Waals surface area contributed by atoms with Gasteiger partial charge in [0.1, 0.15) is 0 Å². The molecule has 0 spiro atoms.